The summed E-state index contributed by atoms with van der Waals surface area (Å²) in [6.45, 7) is 26.8. The minimum Gasteiger partial charge on any atom is -0.428 e. The number of hydrogen-bond donors (Lipinski definition) is 0. The van der Waals surface area contributed by atoms with Gasteiger partial charge in [-0.05, 0) is 195 Å². The normalized spacial score (nSPS) is 46.3. The average Bonchev–Trinajstić information content (AvgIpc) is 4.22. The lowest BCUT2D eigenvalue weighted by molar-refractivity contribution is -0.0756. The van der Waals surface area contributed by atoms with Crippen molar-refractivity contribution in [3.05, 3.63) is 23.3 Å². The number of allylic oxidation sites excluding steroid dienone is 4. The molecule has 0 aromatic heterocycles. The highest BCUT2D eigenvalue weighted by molar-refractivity contribution is 5.61. The van der Waals surface area contributed by atoms with Gasteiger partial charge in [0.1, 0.15) is 24.4 Å². The maximum Gasteiger partial charge on any atom is 0.509 e. The third-order valence-corrected chi connectivity index (χ3v) is 23.5. The molecule has 5 heteroatoms. The van der Waals surface area contributed by atoms with Gasteiger partial charge in [-0.25, -0.2) is 4.79 Å². The molecule has 0 bridgehead atoms. The molecule has 4 unspecified atom stereocenters. The van der Waals surface area contributed by atoms with Crippen molar-refractivity contribution in [2.24, 2.45) is 105 Å². The number of hydrogen-bond acceptors (Lipinski definition) is 5. The lowest BCUT2D eigenvalue weighted by atomic mass is 9.46. The second-order valence-corrected chi connectivity index (χ2v) is 27.7. The Morgan fingerprint density at radius 3 is 1.35 bits per heavy atom. The van der Waals surface area contributed by atoms with Crippen LogP contribution in [0.25, 0.3) is 0 Å². The molecule has 66 heavy (non-hydrogen) atoms. The van der Waals surface area contributed by atoms with Crippen molar-refractivity contribution in [1.29, 1.82) is 0 Å². The molecule has 0 aromatic rings. The van der Waals surface area contributed by atoms with Crippen LogP contribution in [0.5, 0.6) is 0 Å². The van der Waals surface area contributed by atoms with Gasteiger partial charge in [0.2, 0.25) is 0 Å². The molecule has 0 aromatic carbocycles. The molecule has 372 valence electrons. The quantitative estimate of drug-likeness (QED) is 0.0877. The monoisotopic (exact) mass is 911 g/mol. The Hall–Kier alpha value is -1.33. The summed E-state index contributed by atoms with van der Waals surface area (Å²) in [5, 5.41) is 0. The van der Waals surface area contributed by atoms with Crippen molar-refractivity contribution in [2.75, 3.05) is 13.2 Å². The van der Waals surface area contributed by atoms with Gasteiger partial charge < -0.3 is 18.9 Å². The zero-order chi connectivity index (χ0) is 46.3. The third kappa shape index (κ3) is 8.79. The lowest BCUT2D eigenvalue weighted by Gasteiger charge is -2.59. The average molecular weight is 911 g/mol. The van der Waals surface area contributed by atoms with Crippen LogP contribution < -0.4 is 0 Å². The van der Waals surface area contributed by atoms with Gasteiger partial charge in [0.25, 0.3) is 0 Å². The molecule has 8 fully saturated rings. The van der Waals surface area contributed by atoms with Crippen molar-refractivity contribution in [2.45, 2.75) is 235 Å². The van der Waals surface area contributed by atoms with Gasteiger partial charge in [0.15, 0.2) is 0 Å². The first-order valence-corrected chi connectivity index (χ1v) is 29.0. The Morgan fingerprint density at radius 1 is 0.561 bits per heavy atom. The maximum atomic E-state index is 14.1. The fourth-order valence-electron chi connectivity index (χ4n) is 19.7. The van der Waals surface area contributed by atoms with Gasteiger partial charge in [0, 0.05) is 11.8 Å². The lowest BCUT2D eigenvalue weighted by Crippen LogP contribution is -2.51. The highest BCUT2D eigenvalue weighted by Crippen LogP contribution is 2.70. The Bertz CT molecular complexity index is 1660. The molecule has 0 N–H and O–H groups in total. The van der Waals surface area contributed by atoms with Gasteiger partial charge in [-0.3, -0.25) is 0 Å². The summed E-state index contributed by atoms with van der Waals surface area (Å²) >= 11 is 0. The summed E-state index contributed by atoms with van der Waals surface area (Å²) in [6.07, 6.45) is 33.5. The van der Waals surface area contributed by atoms with E-state index in [-0.39, 0.29) is 35.2 Å². The van der Waals surface area contributed by atoms with E-state index in [4.69, 9.17) is 18.9 Å². The number of ether oxygens (including phenoxy) is 4. The van der Waals surface area contributed by atoms with Crippen molar-refractivity contribution < 1.29 is 23.7 Å². The largest absolute Gasteiger partial charge is 0.509 e. The molecule has 5 nitrogen and oxygen atoms in total. The van der Waals surface area contributed by atoms with Crippen molar-refractivity contribution in [3.63, 3.8) is 0 Å². The van der Waals surface area contributed by atoms with Crippen LogP contribution in [-0.2, 0) is 18.9 Å². The Morgan fingerprint density at radius 2 is 0.970 bits per heavy atom. The molecular formula is C61H98O5. The highest BCUT2D eigenvalue weighted by atomic mass is 16.8. The second kappa shape index (κ2) is 18.7. The van der Waals surface area contributed by atoms with E-state index in [0.717, 1.165) is 96.7 Å². The summed E-state index contributed by atoms with van der Waals surface area (Å²) in [5.74, 6) is 10.7. The van der Waals surface area contributed by atoms with E-state index in [9.17, 15) is 4.79 Å². The van der Waals surface area contributed by atoms with E-state index in [1.54, 1.807) is 11.1 Å². The molecule has 8 aliphatic carbocycles. The molecular weight excluding hydrogens is 813 g/mol. The summed E-state index contributed by atoms with van der Waals surface area (Å²) in [6, 6.07) is 0. The van der Waals surface area contributed by atoms with Gasteiger partial charge in [-0.15, -0.1) is 0 Å². The molecule has 10 aliphatic rings. The van der Waals surface area contributed by atoms with E-state index in [2.05, 4.69) is 81.4 Å². The Kier molecular flexibility index (Phi) is 13.7. The highest BCUT2D eigenvalue weighted by Gasteiger charge is 2.62. The summed E-state index contributed by atoms with van der Waals surface area (Å²) in [5.41, 5.74) is 4.92. The maximum absolute atomic E-state index is 14.1. The first-order valence-electron chi connectivity index (χ1n) is 29.0. The molecule has 0 spiro atoms. The molecule has 20 atom stereocenters. The van der Waals surface area contributed by atoms with Crippen LogP contribution in [0.1, 0.15) is 210 Å². The summed E-state index contributed by atoms with van der Waals surface area (Å²) in [7, 11) is 0. The van der Waals surface area contributed by atoms with Crippen LogP contribution in [-0.4, -0.2) is 43.8 Å². The molecule has 2 aliphatic heterocycles. The van der Waals surface area contributed by atoms with Crippen molar-refractivity contribution >= 4 is 6.16 Å². The number of carbonyl (C=O) groups excluding carboxylic acids is 1. The standard InChI is InChI=1S/C61H98O5/c1-37(2)13-11-15-39(5)47-21-23-49-45-19-17-43-33-41(25-29-58(43,7)51(45)27-31-60(47,49)9)55(53-35-63-53)65-57(62)66-56(54-36-64-54)42-26-30-59(8)44(34-42)18-20-46-50-24-22-48(40(6)16-12-14-38(3)4)61(50,10)32-28-52(46)59/h17-18,37-42,45-56H,11-16,19-36H2,1-10H3/t39-,40-,41+,42+,45+,46+,47-,48-,49+,50+,51+,52+,53?,54?,55?,56?,58+,59+,60-,61-/m1/s1. The van der Waals surface area contributed by atoms with E-state index < -0.39 is 6.16 Å². The Balaban J connectivity index is 0.758. The molecule has 2 saturated heterocycles. The van der Waals surface area contributed by atoms with Gasteiger partial charge in [-0.2, -0.15) is 0 Å². The van der Waals surface area contributed by atoms with Crippen LogP contribution in [0, 0.1) is 105 Å². The van der Waals surface area contributed by atoms with E-state index in [1.807, 2.05) is 0 Å². The van der Waals surface area contributed by atoms with Crippen LogP contribution in [0.3, 0.4) is 0 Å². The van der Waals surface area contributed by atoms with Gasteiger partial charge >= 0.3 is 6.16 Å². The van der Waals surface area contributed by atoms with Crippen molar-refractivity contribution in [1.82, 2.24) is 0 Å². The summed E-state index contributed by atoms with van der Waals surface area (Å²) < 4.78 is 25.0. The second-order valence-electron chi connectivity index (χ2n) is 27.7. The summed E-state index contributed by atoms with van der Waals surface area (Å²) in [4.78, 5) is 14.1. The zero-order valence-corrected chi connectivity index (χ0v) is 44.1. The fraction of sp³-hybridized carbons (Fsp3) is 0.918. The molecule has 0 radical (unpaired) electrons. The first-order chi connectivity index (χ1) is 31.5. The number of carbonyl (C=O) groups is 1. The van der Waals surface area contributed by atoms with E-state index >= 15 is 0 Å². The smallest absolute Gasteiger partial charge is 0.428 e. The van der Waals surface area contributed by atoms with Crippen molar-refractivity contribution in [3.8, 4) is 0 Å². The predicted molar refractivity (Wildman–Crippen MR) is 268 cm³/mol. The minimum absolute atomic E-state index is 0.00382. The number of rotatable bonds is 16. The topological polar surface area (TPSA) is 60.6 Å². The number of epoxide rings is 2. The first kappa shape index (κ1) is 48.3. The molecule has 0 amide bonds. The third-order valence-electron chi connectivity index (χ3n) is 23.5. The SMILES string of the molecule is CC(C)CCC[C@@H](C)[C@H]1CC[C@H]2[C@@H]3CC=C4C[C@@H](C(OC(=O)OC(C5CO5)[C@H]5CC[C@@]6(C)C(=CC[C@H]7[C@@H]8CC[C@H]([C@H](C)CCCC(C)C)[C@@]8(C)CC[C@@H]76)C5)C5CO5)CC[C@]4(C)[C@H]3CC[C@]12C. The Labute approximate surface area is 404 Å². The molecule has 10 rings (SSSR count). The van der Waals surface area contributed by atoms with Gasteiger partial charge in [-0.1, -0.05) is 131 Å². The molecule has 2 heterocycles. The molecule has 6 saturated carbocycles. The fourth-order valence-corrected chi connectivity index (χ4v) is 19.7. The zero-order valence-electron chi connectivity index (χ0n) is 44.1. The number of fused-ring (bicyclic) bond motifs is 10. The van der Waals surface area contributed by atoms with Crippen LogP contribution in [0.15, 0.2) is 23.3 Å². The van der Waals surface area contributed by atoms with Crippen LogP contribution in [0.2, 0.25) is 0 Å². The van der Waals surface area contributed by atoms with Crippen LogP contribution in [0.4, 0.5) is 4.79 Å². The van der Waals surface area contributed by atoms with E-state index in [0.29, 0.717) is 35.9 Å². The van der Waals surface area contributed by atoms with Crippen LogP contribution >= 0.6 is 0 Å². The van der Waals surface area contributed by atoms with Gasteiger partial charge in [0.05, 0.1) is 13.2 Å². The predicted octanol–water partition coefficient (Wildman–Crippen LogP) is 16.0. The minimum atomic E-state index is -0.477. The van der Waals surface area contributed by atoms with E-state index in [1.165, 1.54) is 116 Å².